The van der Waals surface area contributed by atoms with Gasteiger partial charge in [-0.15, -0.1) is 0 Å². The molecule has 0 aromatic heterocycles. The fourth-order valence-electron chi connectivity index (χ4n) is 2.22. The van der Waals surface area contributed by atoms with E-state index in [-0.39, 0.29) is 12.6 Å². The number of rotatable bonds is 13. The van der Waals surface area contributed by atoms with Crippen molar-refractivity contribution < 1.29 is 10.2 Å². The lowest BCUT2D eigenvalue weighted by atomic mass is 10.0. The van der Waals surface area contributed by atoms with E-state index in [1.165, 1.54) is 51.4 Å². The topological polar surface area (TPSA) is 66.5 Å². The van der Waals surface area contributed by atoms with Gasteiger partial charge in [-0.2, -0.15) is 0 Å². The predicted molar refractivity (Wildman–Crippen MR) is 77.5 cm³/mol. The summed E-state index contributed by atoms with van der Waals surface area (Å²) in [5.41, 5.74) is 5.73. The lowest BCUT2D eigenvalue weighted by Gasteiger charge is -2.17. The van der Waals surface area contributed by atoms with Crippen LogP contribution >= 0.6 is 0 Å². The first-order chi connectivity index (χ1) is 8.72. The van der Waals surface area contributed by atoms with Crippen LogP contribution in [0.5, 0.6) is 0 Å². The van der Waals surface area contributed by atoms with Gasteiger partial charge < -0.3 is 15.9 Å². The Bertz CT molecular complexity index is 165. The van der Waals surface area contributed by atoms with Crippen molar-refractivity contribution in [2.75, 3.05) is 6.61 Å². The summed E-state index contributed by atoms with van der Waals surface area (Å²) in [5.74, 6) is 0. The molecule has 0 aliphatic rings. The largest absolute Gasteiger partial charge is 0.396 e. The van der Waals surface area contributed by atoms with Gasteiger partial charge in [0, 0.05) is 12.6 Å². The van der Waals surface area contributed by atoms with Crippen molar-refractivity contribution in [3.63, 3.8) is 0 Å². The average molecular weight is 259 g/mol. The van der Waals surface area contributed by atoms with Crippen molar-refractivity contribution in [1.29, 1.82) is 0 Å². The molecule has 18 heavy (non-hydrogen) atoms. The maximum Gasteiger partial charge on any atom is 0.0691 e. The number of nitrogens with two attached hydrogens (primary N) is 1. The van der Waals surface area contributed by atoms with E-state index in [0.29, 0.717) is 6.42 Å². The van der Waals surface area contributed by atoms with Crippen LogP contribution in [0, 0.1) is 0 Å². The molecule has 0 bridgehead atoms. The van der Waals surface area contributed by atoms with E-state index in [1.54, 1.807) is 0 Å². The lowest BCUT2D eigenvalue weighted by molar-refractivity contribution is 0.116. The van der Waals surface area contributed by atoms with E-state index >= 15 is 0 Å². The van der Waals surface area contributed by atoms with Crippen molar-refractivity contribution >= 4 is 0 Å². The smallest absolute Gasteiger partial charge is 0.0691 e. The summed E-state index contributed by atoms with van der Waals surface area (Å²) in [4.78, 5) is 0. The highest BCUT2D eigenvalue weighted by Crippen LogP contribution is 2.12. The normalized spacial score (nSPS) is 14.7. The number of aliphatic hydroxyl groups excluding tert-OH is 2. The Labute approximate surface area is 113 Å². The molecule has 110 valence electrons. The first kappa shape index (κ1) is 17.9. The van der Waals surface area contributed by atoms with Gasteiger partial charge in [-0.3, -0.25) is 0 Å². The molecule has 0 heterocycles. The second-order valence-electron chi connectivity index (χ2n) is 5.36. The molecule has 0 aromatic rings. The molecule has 0 saturated heterocycles. The van der Waals surface area contributed by atoms with Gasteiger partial charge >= 0.3 is 0 Å². The van der Waals surface area contributed by atoms with Gasteiger partial charge in [0.1, 0.15) is 0 Å². The zero-order valence-electron chi connectivity index (χ0n) is 12.1. The summed E-state index contributed by atoms with van der Waals surface area (Å²) in [6.07, 6.45) is 12.5. The summed E-state index contributed by atoms with van der Waals surface area (Å²) in [5, 5.41) is 18.4. The Morgan fingerprint density at radius 1 is 0.833 bits per heavy atom. The van der Waals surface area contributed by atoms with Gasteiger partial charge in [0.25, 0.3) is 0 Å². The van der Waals surface area contributed by atoms with E-state index in [0.717, 1.165) is 12.8 Å². The molecule has 0 radical (unpaired) electrons. The Morgan fingerprint density at radius 3 is 1.83 bits per heavy atom. The first-order valence-corrected chi connectivity index (χ1v) is 7.76. The Kier molecular flexibility index (Phi) is 13.2. The highest BCUT2D eigenvalue weighted by atomic mass is 16.3. The van der Waals surface area contributed by atoms with Crippen LogP contribution in [0.4, 0.5) is 0 Å². The number of hydrogen-bond donors (Lipinski definition) is 3. The molecule has 0 amide bonds. The molecule has 2 atom stereocenters. The number of unbranched alkanes of at least 4 members (excludes halogenated alkanes) is 8. The van der Waals surface area contributed by atoms with Gasteiger partial charge in [0.2, 0.25) is 0 Å². The van der Waals surface area contributed by atoms with Crippen LogP contribution in [0.1, 0.15) is 77.6 Å². The Hall–Kier alpha value is -0.120. The molecule has 3 nitrogen and oxygen atoms in total. The molecule has 0 spiro atoms. The molecule has 0 saturated carbocycles. The summed E-state index contributed by atoms with van der Waals surface area (Å²) in [6, 6.07) is -0.260. The van der Waals surface area contributed by atoms with Crippen LogP contribution in [-0.2, 0) is 0 Å². The molecule has 0 aliphatic carbocycles. The van der Waals surface area contributed by atoms with Crippen LogP contribution in [0.2, 0.25) is 0 Å². The quantitative estimate of drug-likeness (QED) is 0.445. The van der Waals surface area contributed by atoms with Crippen LogP contribution < -0.4 is 5.73 Å². The standard InChI is InChI=1S/C15H33NO2/c1-2-3-4-5-6-7-8-9-10-11-15(18)14(16)12-13-17/h14-15,17-18H,2-13,16H2,1H3. The van der Waals surface area contributed by atoms with E-state index < -0.39 is 6.10 Å². The maximum atomic E-state index is 9.71. The molecule has 0 aromatic carbocycles. The Balaban J connectivity index is 3.19. The fourth-order valence-corrected chi connectivity index (χ4v) is 2.22. The van der Waals surface area contributed by atoms with Gasteiger partial charge in [0.15, 0.2) is 0 Å². The van der Waals surface area contributed by atoms with Crippen LogP contribution in [-0.4, -0.2) is 29.0 Å². The van der Waals surface area contributed by atoms with E-state index in [9.17, 15) is 5.11 Å². The van der Waals surface area contributed by atoms with Crippen LogP contribution in [0.25, 0.3) is 0 Å². The molecule has 3 heteroatoms. The zero-order valence-corrected chi connectivity index (χ0v) is 12.1. The minimum absolute atomic E-state index is 0.0655. The minimum atomic E-state index is -0.443. The minimum Gasteiger partial charge on any atom is -0.396 e. The fraction of sp³-hybridized carbons (Fsp3) is 1.00. The molecule has 2 unspecified atom stereocenters. The van der Waals surface area contributed by atoms with E-state index in [1.807, 2.05) is 0 Å². The molecule has 0 fully saturated rings. The highest BCUT2D eigenvalue weighted by Gasteiger charge is 2.13. The second-order valence-corrected chi connectivity index (χ2v) is 5.36. The van der Waals surface area contributed by atoms with Gasteiger partial charge in [-0.25, -0.2) is 0 Å². The van der Waals surface area contributed by atoms with Gasteiger partial charge in [0.05, 0.1) is 6.10 Å². The first-order valence-electron chi connectivity index (χ1n) is 7.76. The van der Waals surface area contributed by atoms with E-state index in [4.69, 9.17) is 10.8 Å². The molecular weight excluding hydrogens is 226 g/mol. The highest BCUT2D eigenvalue weighted by molar-refractivity contribution is 4.71. The van der Waals surface area contributed by atoms with Crippen LogP contribution in [0.15, 0.2) is 0 Å². The third-order valence-electron chi connectivity index (χ3n) is 3.56. The van der Waals surface area contributed by atoms with E-state index in [2.05, 4.69) is 6.92 Å². The van der Waals surface area contributed by atoms with Crippen molar-refractivity contribution in [3.8, 4) is 0 Å². The lowest BCUT2D eigenvalue weighted by Crippen LogP contribution is -2.35. The maximum absolute atomic E-state index is 9.71. The summed E-state index contributed by atoms with van der Waals surface area (Å²) in [7, 11) is 0. The SMILES string of the molecule is CCCCCCCCCCCC(O)C(N)CCO. The summed E-state index contributed by atoms with van der Waals surface area (Å²) in [6.45, 7) is 2.31. The number of aliphatic hydroxyl groups is 2. The summed E-state index contributed by atoms with van der Waals surface area (Å²) >= 11 is 0. The Morgan fingerprint density at radius 2 is 1.33 bits per heavy atom. The zero-order chi connectivity index (χ0) is 13.6. The molecule has 4 N–H and O–H groups in total. The third-order valence-corrected chi connectivity index (χ3v) is 3.56. The van der Waals surface area contributed by atoms with Crippen molar-refractivity contribution in [3.05, 3.63) is 0 Å². The molecule has 0 aliphatic heterocycles. The van der Waals surface area contributed by atoms with Crippen molar-refractivity contribution in [2.24, 2.45) is 5.73 Å². The van der Waals surface area contributed by atoms with Crippen molar-refractivity contribution in [1.82, 2.24) is 0 Å². The van der Waals surface area contributed by atoms with Crippen LogP contribution in [0.3, 0.4) is 0 Å². The number of hydrogen-bond acceptors (Lipinski definition) is 3. The predicted octanol–water partition coefficient (Wildman–Crippen LogP) is 2.98. The summed E-state index contributed by atoms with van der Waals surface area (Å²) < 4.78 is 0. The average Bonchev–Trinajstić information content (AvgIpc) is 2.36. The monoisotopic (exact) mass is 259 g/mol. The van der Waals surface area contributed by atoms with Gasteiger partial charge in [-0.05, 0) is 12.8 Å². The molecular formula is C15H33NO2. The van der Waals surface area contributed by atoms with Crippen molar-refractivity contribution in [2.45, 2.75) is 89.7 Å². The third kappa shape index (κ3) is 11.0. The second kappa shape index (κ2) is 13.3. The van der Waals surface area contributed by atoms with Gasteiger partial charge in [-0.1, -0.05) is 64.7 Å². The molecule has 0 rings (SSSR count).